The average Bonchev–Trinajstić information content (AvgIpc) is 2.66. The van der Waals surface area contributed by atoms with Crippen molar-refractivity contribution in [2.45, 2.75) is 6.10 Å². The van der Waals surface area contributed by atoms with E-state index in [0.29, 0.717) is 11.3 Å². The molecule has 26 heavy (non-hydrogen) atoms. The summed E-state index contributed by atoms with van der Waals surface area (Å²) in [6.07, 6.45) is -1.49. The topological polar surface area (TPSA) is 105 Å². The normalized spacial score (nSPS) is 11.3. The molecular weight excluding hydrogens is 343 g/mol. The Hall–Kier alpha value is -3.26. The van der Waals surface area contributed by atoms with Crippen molar-refractivity contribution < 1.29 is 28.6 Å². The highest BCUT2D eigenvalue weighted by atomic mass is 19.1. The maximum Gasteiger partial charge on any atom is 0.340 e. The first-order valence-corrected chi connectivity index (χ1v) is 7.67. The highest BCUT2D eigenvalue weighted by molar-refractivity contribution is 5.94. The van der Waals surface area contributed by atoms with E-state index in [2.05, 4.69) is 10.6 Å². The highest BCUT2D eigenvalue weighted by Gasteiger charge is 2.19. The van der Waals surface area contributed by atoms with Crippen LogP contribution in [0.25, 0.3) is 0 Å². The molecule has 0 aliphatic heterocycles. The van der Waals surface area contributed by atoms with E-state index in [0.717, 1.165) is 0 Å². The Bertz CT molecular complexity index is 765. The van der Waals surface area contributed by atoms with Gasteiger partial charge in [0.1, 0.15) is 5.82 Å². The summed E-state index contributed by atoms with van der Waals surface area (Å²) in [4.78, 5) is 35.0. The van der Waals surface area contributed by atoms with Gasteiger partial charge in [-0.25, -0.2) is 9.18 Å². The third-order valence-corrected chi connectivity index (χ3v) is 3.26. The molecule has 0 aliphatic carbocycles. The van der Waals surface area contributed by atoms with Crippen molar-refractivity contribution in [3.63, 3.8) is 0 Å². The second-order valence-electron chi connectivity index (χ2n) is 5.25. The number of anilines is 1. The molecular formula is C18H17FN2O5. The number of esters is 1. The Morgan fingerprint density at radius 2 is 1.65 bits per heavy atom. The fraction of sp³-hybridized carbons (Fsp3) is 0.167. The van der Waals surface area contributed by atoms with Crippen LogP contribution in [0, 0.1) is 5.82 Å². The van der Waals surface area contributed by atoms with Gasteiger partial charge in [-0.05, 0) is 29.8 Å². The molecule has 0 unspecified atom stereocenters. The van der Waals surface area contributed by atoms with Gasteiger partial charge in [-0.1, -0.05) is 30.3 Å². The van der Waals surface area contributed by atoms with Gasteiger partial charge in [0, 0.05) is 5.69 Å². The smallest absolute Gasteiger partial charge is 0.340 e. The lowest BCUT2D eigenvalue weighted by Crippen LogP contribution is -2.36. The number of aliphatic hydroxyl groups excluding tert-OH is 1. The van der Waals surface area contributed by atoms with E-state index in [1.54, 1.807) is 30.3 Å². The summed E-state index contributed by atoms with van der Waals surface area (Å²) in [5.74, 6) is -2.63. The molecule has 1 atom stereocenters. The minimum absolute atomic E-state index is 0.344. The molecule has 0 radical (unpaired) electrons. The van der Waals surface area contributed by atoms with E-state index in [9.17, 15) is 23.9 Å². The van der Waals surface area contributed by atoms with Gasteiger partial charge in [0.15, 0.2) is 12.7 Å². The summed E-state index contributed by atoms with van der Waals surface area (Å²) in [7, 11) is 0. The van der Waals surface area contributed by atoms with E-state index in [-0.39, 0.29) is 6.54 Å². The van der Waals surface area contributed by atoms with E-state index < -0.39 is 36.3 Å². The minimum atomic E-state index is -1.49. The number of benzene rings is 2. The van der Waals surface area contributed by atoms with E-state index in [1.807, 2.05) is 0 Å². The molecule has 2 rings (SSSR count). The van der Waals surface area contributed by atoms with Crippen molar-refractivity contribution in [1.29, 1.82) is 0 Å². The summed E-state index contributed by atoms with van der Waals surface area (Å²) in [5, 5.41) is 14.5. The number of rotatable bonds is 7. The molecule has 0 spiro atoms. The van der Waals surface area contributed by atoms with Gasteiger partial charge in [-0.15, -0.1) is 0 Å². The first-order chi connectivity index (χ1) is 12.5. The number of nitrogens with one attached hydrogen (secondary N) is 2. The molecule has 8 heteroatoms. The molecule has 0 saturated heterocycles. The Kier molecular flexibility index (Phi) is 6.81. The van der Waals surface area contributed by atoms with Gasteiger partial charge >= 0.3 is 5.97 Å². The number of carbonyl (C=O) groups is 3. The fourth-order valence-electron chi connectivity index (χ4n) is 1.96. The van der Waals surface area contributed by atoms with Gasteiger partial charge in [0.2, 0.25) is 5.91 Å². The van der Waals surface area contributed by atoms with Crippen LogP contribution < -0.4 is 10.6 Å². The summed E-state index contributed by atoms with van der Waals surface area (Å²) in [6, 6.07) is 13.3. The minimum Gasteiger partial charge on any atom is -0.453 e. The van der Waals surface area contributed by atoms with Crippen molar-refractivity contribution in [2.24, 2.45) is 0 Å². The second-order valence-corrected chi connectivity index (χ2v) is 5.25. The van der Waals surface area contributed by atoms with Crippen LogP contribution in [-0.2, 0) is 19.1 Å². The van der Waals surface area contributed by atoms with Crippen LogP contribution in [-0.4, -0.2) is 36.0 Å². The maximum absolute atomic E-state index is 12.8. The molecule has 136 valence electrons. The fourth-order valence-corrected chi connectivity index (χ4v) is 1.96. The van der Waals surface area contributed by atoms with Gasteiger partial charge in [0.05, 0.1) is 6.54 Å². The molecule has 2 amide bonds. The van der Waals surface area contributed by atoms with Crippen molar-refractivity contribution in [1.82, 2.24) is 5.32 Å². The van der Waals surface area contributed by atoms with Crippen LogP contribution in [0.3, 0.4) is 0 Å². The Balaban J connectivity index is 1.70. The number of ether oxygens (including phenoxy) is 1. The van der Waals surface area contributed by atoms with Crippen LogP contribution in [0.1, 0.15) is 11.7 Å². The van der Waals surface area contributed by atoms with Crippen molar-refractivity contribution >= 4 is 23.5 Å². The lowest BCUT2D eigenvalue weighted by molar-refractivity contribution is -0.157. The van der Waals surface area contributed by atoms with Crippen molar-refractivity contribution in [2.75, 3.05) is 18.5 Å². The largest absolute Gasteiger partial charge is 0.453 e. The van der Waals surface area contributed by atoms with Gasteiger partial charge < -0.3 is 20.5 Å². The zero-order valence-electron chi connectivity index (χ0n) is 13.6. The van der Waals surface area contributed by atoms with Crippen LogP contribution in [0.4, 0.5) is 10.1 Å². The van der Waals surface area contributed by atoms with E-state index in [1.165, 1.54) is 24.3 Å². The number of aliphatic hydroxyl groups is 1. The van der Waals surface area contributed by atoms with Gasteiger partial charge in [0.25, 0.3) is 5.91 Å². The zero-order chi connectivity index (χ0) is 18.9. The lowest BCUT2D eigenvalue weighted by atomic mass is 10.1. The lowest BCUT2D eigenvalue weighted by Gasteiger charge is -2.11. The van der Waals surface area contributed by atoms with Crippen LogP contribution in [0.2, 0.25) is 0 Å². The zero-order valence-corrected chi connectivity index (χ0v) is 13.6. The maximum atomic E-state index is 12.8. The Morgan fingerprint density at radius 3 is 2.31 bits per heavy atom. The number of hydrogen-bond donors (Lipinski definition) is 3. The molecule has 3 N–H and O–H groups in total. The Labute approximate surface area is 148 Å². The summed E-state index contributed by atoms with van der Waals surface area (Å²) in [6.45, 7) is -0.985. The second kappa shape index (κ2) is 9.28. The molecule has 2 aromatic rings. The summed E-state index contributed by atoms with van der Waals surface area (Å²) < 4.78 is 17.5. The van der Waals surface area contributed by atoms with Crippen LogP contribution >= 0.6 is 0 Å². The number of carbonyl (C=O) groups excluding carboxylic acids is 3. The molecule has 0 bridgehead atoms. The van der Waals surface area contributed by atoms with E-state index >= 15 is 0 Å². The molecule has 0 aliphatic rings. The van der Waals surface area contributed by atoms with Gasteiger partial charge in [-0.3, -0.25) is 9.59 Å². The average molecular weight is 360 g/mol. The van der Waals surface area contributed by atoms with Gasteiger partial charge in [-0.2, -0.15) is 0 Å². The number of hydrogen-bond acceptors (Lipinski definition) is 5. The standard InChI is InChI=1S/C18H17FN2O5/c19-13-6-8-14(9-7-13)21-15(22)10-20-16(23)11-26-18(25)17(24)12-4-2-1-3-5-12/h1-9,17,24H,10-11H2,(H,20,23)(H,21,22)/t17-/m1/s1. The molecule has 0 aromatic heterocycles. The number of halogens is 1. The Morgan fingerprint density at radius 1 is 1.00 bits per heavy atom. The third kappa shape index (κ3) is 5.99. The first-order valence-electron chi connectivity index (χ1n) is 7.67. The predicted octanol–water partition coefficient (Wildman–Crippen LogP) is 1.16. The summed E-state index contributed by atoms with van der Waals surface area (Å²) >= 11 is 0. The summed E-state index contributed by atoms with van der Waals surface area (Å²) in [5.41, 5.74) is 0.722. The first kappa shape index (κ1) is 19.1. The molecule has 0 heterocycles. The molecule has 0 fully saturated rings. The molecule has 2 aromatic carbocycles. The quantitative estimate of drug-likeness (QED) is 0.643. The van der Waals surface area contributed by atoms with E-state index in [4.69, 9.17) is 4.74 Å². The van der Waals surface area contributed by atoms with Crippen molar-refractivity contribution in [3.05, 3.63) is 66.0 Å². The third-order valence-electron chi connectivity index (χ3n) is 3.26. The van der Waals surface area contributed by atoms with Crippen LogP contribution in [0.15, 0.2) is 54.6 Å². The monoisotopic (exact) mass is 360 g/mol. The van der Waals surface area contributed by atoms with Crippen LogP contribution in [0.5, 0.6) is 0 Å². The molecule has 0 saturated carbocycles. The predicted molar refractivity (Wildman–Crippen MR) is 90.4 cm³/mol. The van der Waals surface area contributed by atoms with Crippen molar-refractivity contribution in [3.8, 4) is 0 Å². The number of amides is 2. The SMILES string of the molecule is O=C(COC(=O)[C@H](O)c1ccccc1)NCC(=O)Nc1ccc(F)cc1. The molecule has 7 nitrogen and oxygen atoms in total. The highest BCUT2D eigenvalue weighted by Crippen LogP contribution is 2.13.